The van der Waals surface area contributed by atoms with Crippen molar-refractivity contribution in [3.8, 4) is 5.75 Å². The summed E-state index contributed by atoms with van der Waals surface area (Å²) >= 11 is 0. The number of nitrogens with one attached hydrogen (secondary N) is 1. The molecule has 1 aromatic carbocycles. The van der Waals surface area contributed by atoms with Crippen molar-refractivity contribution in [3.63, 3.8) is 0 Å². The summed E-state index contributed by atoms with van der Waals surface area (Å²) in [6, 6.07) is 9.22. The van der Waals surface area contributed by atoms with Crippen molar-refractivity contribution >= 4 is 18.0 Å². The second-order valence-corrected chi connectivity index (χ2v) is 4.19. The molecule has 0 heterocycles. The molecule has 120 valence electrons. The van der Waals surface area contributed by atoms with Crippen LogP contribution in [-0.2, 0) is 19.1 Å². The van der Waals surface area contributed by atoms with Crippen molar-refractivity contribution in [2.75, 3.05) is 19.8 Å². The minimum Gasteiger partial charge on any atom is -0.494 e. The van der Waals surface area contributed by atoms with Gasteiger partial charge in [-0.2, -0.15) is 0 Å². The third-order valence-corrected chi connectivity index (χ3v) is 2.42. The van der Waals surface area contributed by atoms with Crippen LogP contribution in [0.25, 0.3) is 0 Å². The molecule has 0 aliphatic carbocycles. The molecule has 0 aromatic heterocycles. The van der Waals surface area contributed by atoms with E-state index < -0.39 is 24.6 Å². The van der Waals surface area contributed by atoms with Gasteiger partial charge in [-0.15, -0.1) is 0 Å². The summed E-state index contributed by atoms with van der Waals surface area (Å²) in [5, 5.41) is 1.92. The molecule has 0 aliphatic rings. The molecule has 7 nitrogen and oxygen atoms in total. The van der Waals surface area contributed by atoms with E-state index in [0.29, 0.717) is 13.0 Å². The second kappa shape index (κ2) is 10.2. The van der Waals surface area contributed by atoms with Crippen molar-refractivity contribution in [1.82, 2.24) is 5.32 Å². The Morgan fingerprint density at radius 2 is 1.82 bits per heavy atom. The maximum Gasteiger partial charge on any atom is 0.413 e. The predicted octanol–water partition coefficient (Wildman–Crippen LogP) is 1.66. The van der Waals surface area contributed by atoms with E-state index in [4.69, 9.17) is 9.47 Å². The van der Waals surface area contributed by atoms with Crippen LogP contribution in [0.5, 0.6) is 5.75 Å². The zero-order chi connectivity index (χ0) is 16.2. The molecule has 2 amide bonds. The molecule has 0 saturated heterocycles. The molecule has 1 N–H and O–H groups in total. The number of hydrogen-bond donors (Lipinski definition) is 1. The van der Waals surface area contributed by atoms with Gasteiger partial charge in [0.25, 0.3) is 5.91 Å². The third kappa shape index (κ3) is 7.88. The van der Waals surface area contributed by atoms with Crippen LogP contribution in [0, 0.1) is 0 Å². The highest BCUT2D eigenvalue weighted by atomic mass is 16.6. The number of para-hydroxylation sites is 1. The van der Waals surface area contributed by atoms with Crippen LogP contribution in [0.1, 0.15) is 19.8 Å². The topological polar surface area (TPSA) is 90.9 Å². The van der Waals surface area contributed by atoms with Crippen LogP contribution in [0.2, 0.25) is 0 Å². The van der Waals surface area contributed by atoms with Gasteiger partial charge in [-0.25, -0.2) is 4.79 Å². The molecule has 0 bridgehead atoms. The predicted molar refractivity (Wildman–Crippen MR) is 77.3 cm³/mol. The van der Waals surface area contributed by atoms with Gasteiger partial charge in [0.15, 0.2) is 6.61 Å². The van der Waals surface area contributed by atoms with Gasteiger partial charge < -0.3 is 14.2 Å². The van der Waals surface area contributed by atoms with Crippen LogP contribution in [0.4, 0.5) is 4.79 Å². The largest absolute Gasteiger partial charge is 0.494 e. The summed E-state index contributed by atoms with van der Waals surface area (Å²) < 4.78 is 14.6. The zero-order valence-corrected chi connectivity index (χ0v) is 12.4. The molecule has 1 rings (SSSR count). The summed E-state index contributed by atoms with van der Waals surface area (Å²) in [7, 11) is 0. The summed E-state index contributed by atoms with van der Waals surface area (Å²) in [6.07, 6.45) is -0.271. The molecule has 0 aliphatic heterocycles. The first kappa shape index (κ1) is 17.5. The summed E-state index contributed by atoms with van der Waals surface area (Å²) in [4.78, 5) is 33.6. The van der Waals surface area contributed by atoms with Gasteiger partial charge in [0, 0.05) is 6.42 Å². The van der Waals surface area contributed by atoms with Gasteiger partial charge in [0.05, 0.1) is 13.2 Å². The quantitative estimate of drug-likeness (QED) is 0.580. The van der Waals surface area contributed by atoms with Crippen molar-refractivity contribution in [2.45, 2.75) is 19.8 Å². The van der Waals surface area contributed by atoms with E-state index in [1.54, 1.807) is 6.92 Å². The highest BCUT2D eigenvalue weighted by molar-refractivity contribution is 5.93. The minimum absolute atomic E-state index is 0.125. The lowest BCUT2D eigenvalue weighted by Crippen LogP contribution is -2.34. The summed E-state index contributed by atoms with van der Waals surface area (Å²) in [5.41, 5.74) is 0. The second-order valence-electron chi connectivity index (χ2n) is 4.19. The van der Waals surface area contributed by atoms with Crippen LogP contribution >= 0.6 is 0 Å². The van der Waals surface area contributed by atoms with Gasteiger partial charge in [-0.05, 0) is 25.5 Å². The van der Waals surface area contributed by atoms with Gasteiger partial charge in [-0.1, -0.05) is 18.2 Å². The highest BCUT2D eigenvalue weighted by Crippen LogP contribution is 2.08. The number of carbonyl (C=O) groups excluding carboxylic acids is 3. The van der Waals surface area contributed by atoms with Gasteiger partial charge >= 0.3 is 12.1 Å². The molecular formula is C15H19NO6. The number of hydrogen-bond acceptors (Lipinski definition) is 6. The molecule has 0 spiro atoms. The van der Waals surface area contributed by atoms with Crippen molar-refractivity contribution in [3.05, 3.63) is 30.3 Å². The molecule has 0 saturated carbocycles. The maximum atomic E-state index is 11.4. The molecule has 22 heavy (non-hydrogen) atoms. The van der Waals surface area contributed by atoms with Gasteiger partial charge in [0.2, 0.25) is 0 Å². The standard InChI is InChI=1S/C15H19NO6/c1-2-20-15(19)16-13(17)11-22-14(18)9-6-10-21-12-7-4-3-5-8-12/h3-5,7-8H,2,6,9-11H2,1H3,(H,16,17,19). The molecule has 7 heteroatoms. The average molecular weight is 309 g/mol. The fourth-order valence-corrected chi connectivity index (χ4v) is 1.46. The van der Waals surface area contributed by atoms with Crippen LogP contribution < -0.4 is 10.1 Å². The fraction of sp³-hybridized carbons (Fsp3) is 0.400. The lowest BCUT2D eigenvalue weighted by molar-refractivity contribution is -0.148. The number of imide groups is 1. The van der Waals surface area contributed by atoms with Crippen LogP contribution in [0.15, 0.2) is 30.3 Å². The number of ether oxygens (including phenoxy) is 3. The number of amides is 2. The van der Waals surface area contributed by atoms with Crippen molar-refractivity contribution in [1.29, 1.82) is 0 Å². The highest BCUT2D eigenvalue weighted by Gasteiger charge is 2.11. The number of benzene rings is 1. The molecule has 0 fully saturated rings. The van der Waals surface area contributed by atoms with E-state index in [1.807, 2.05) is 35.6 Å². The van der Waals surface area contributed by atoms with E-state index in [2.05, 4.69) is 4.74 Å². The smallest absolute Gasteiger partial charge is 0.413 e. The van der Waals surface area contributed by atoms with E-state index in [1.165, 1.54) is 0 Å². The van der Waals surface area contributed by atoms with Gasteiger partial charge in [0.1, 0.15) is 5.75 Å². The Balaban J connectivity index is 2.08. The lowest BCUT2D eigenvalue weighted by Gasteiger charge is -2.07. The Hall–Kier alpha value is -2.57. The van der Waals surface area contributed by atoms with Gasteiger partial charge in [-0.3, -0.25) is 14.9 Å². The zero-order valence-electron chi connectivity index (χ0n) is 12.4. The SMILES string of the molecule is CCOC(=O)NC(=O)COC(=O)CCCOc1ccccc1. The minimum atomic E-state index is -0.861. The number of carbonyl (C=O) groups is 3. The summed E-state index contributed by atoms with van der Waals surface area (Å²) in [6.45, 7) is 1.62. The number of alkyl carbamates (subject to hydrolysis) is 1. The molecular weight excluding hydrogens is 290 g/mol. The van der Waals surface area contributed by atoms with E-state index >= 15 is 0 Å². The lowest BCUT2D eigenvalue weighted by atomic mass is 10.3. The first-order chi connectivity index (χ1) is 10.6. The maximum absolute atomic E-state index is 11.4. The fourth-order valence-electron chi connectivity index (χ4n) is 1.46. The first-order valence-electron chi connectivity index (χ1n) is 6.92. The summed E-state index contributed by atoms with van der Waals surface area (Å²) in [5.74, 6) is -0.535. The number of esters is 1. The average Bonchev–Trinajstić information content (AvgIpc) is 2.51. The van der Waals surface area contributed by atoms with E-state index in [0.717, 1.165) is 5.75 Å². The Bertz CT molecular complexity index is 488. The normalized spacial score (nSPS) is 9.68. The third-order valence-electron chi connectivity index (χ3n) is 2.42. The van der Waals surface area contributed by atoms with Crippen LogP contribution in [-0.4, -0.2) is 37.8 Å². The van der Waals surface area contributed by atoms with Crippen molar-refractivity contribution < 1.29 is 28.6 Å². The molecule has 1 aromatic rings. The Morgan fingerprint density at radius 1 is 1.09 bits per heavy atom. The molecule has 0 atom stereocenters. The van der Waals surface area contributed by atoms with Crippen molar-refractivity contribution in [2.24, 2.45) is 0 Å². The van der Waals surface area contributed by atoms with E-state index in [9.17, 15) is 14.4 Å². The Morgan fingerprint density at radius 3 is 2.50 bits per heavy atom. The molecule has 0 unspecified atom stereocenters. The molecule has 0 radical (unpaired) electrons. The monoisotopic (exact) mass is 309 g/mol. The van der Waals surface area contributed by atoms with Crippen LogP contribution in [0.3, 0.4) is 0 Å². The Labute approximate surface area is 128 Å². The number of rotatable bonds is 8. The van der Waals surface area contributed by atoms with E-state index in [-0.39, 0.29) is 13.0 Å². The Kier molecular flexibility index (Phi) is 8.10. The first-order valence-corrected chi connectivity index (χ1v) is 6.92.